The van der Waals surface area contributed by atoms with Crippen LogP contribution in [-0.2, 0) is 19.2 Å². The molecule has 2 N–H and O–H groups in total. The lowest BCUT2D eigenvalue weighted by molar-refractivity contribution is -0.139. The lowest BCUT2D eigenvalue weighted by Crippen LogP contribution is -2.48. The number of benzene rings is 1. The van der Waals surface area contributed by atoms with Crippen LogP contribution in [-0.4, -0.2) is 41.2 Å². The van der Waals surface area contributed by atoms with Crippen LogP contribution in [0.25, 0.3) is 0 Å². The van der Waals surface area contributed by atoms with Gasteiger partial charge in [-0.1, -0.05) is 12.1 Å². The SMILES string of the molecule is CC(Oc1ccccc1F)C(=O)NNC(=O)CCN1C(=O)CCC1=O. The molecular weight excluding hydrogens is 333 g/mol. The number of imide groups is 1. The molecule has 1 heterocycles. The van der Waals surface area contributed by atoms with E-state index in [0.717, 1.165) is 4.90 Å². The zero-order valence-corrected chi connectivity index (χ0v) is 13.6. The van der Waals surface area contributed by atoms with E-state index in [1.807, 2.05) is 0 Å². The summed E-state index contributed by atoms with van der Waals surface area (Å²) >= 11 is 0. The van der Waals surface area contributed by atoms with Crippen LogP contribution in [0.1, 0.15) is 26.2 Å². The van der Waals surface area contributed by atoms with Gasteiger partial charge in [0.25, 0.3) is 5.91 Å². The van der Waals surface area contributed by atoms with Crippen molar-refractivity contribution in [2.24, 2.45) is 0 Å². The summed E-state index contributed by atoms with van der Waals surface area (Å²) in [6.07, 6.45) is -0.872. The van der Waals surface area contributed by atoms with Crippen LogP contribution in [0.2, 0.25) is 0 Å². The van der Waals surface area contributed by atoms with Crippen LogP contribution >= 0.6 is 0 Å². The molecule has 9 heteroatoms. The van der Waals surface area contributed by atoms with Gasteiger partial charge in [-0.2, -0.15) is 0 Å². The number of carbonyl (C=O) groups excluding carboxylic acids is 4. The van der Waals surface area contributed by atoms with Crippen molar-refractivity contribution in [3.05, 3.63) is 30.1 Å². The Morgan fingerprint density at radius 1 is 1.20 bits per heavy atom. The zero-order chi connectivity index (χ0) is 18.4. The molecule has 1 aromatic rings. The van der Waals surface area contributed by atoms with Crippen LogP contribution in [0.4, 0.5) is 4.39 Å². The Morgan fingerprint density at radius 3 is 2.48 bits per heavy atom. The summed E-state index contributed by atoms with van der Waals surface area (Å²) in [4.78, 5) is 47.4. The number of halogens is 1. The normalized spacial score (nSPS) is 15.0. The molecule has 4 amide bonds. The van der Waals surface area contributed by atoms with Gasteiger partial charge >= 0.3 is 0 Å². The summed E-state index contributed by atoms with van der Waals surface area (Å²) < 4.78 is 18.6. The van der Waals surface area contributed by atoms with Gasteiger partial charge < -0.3 is 4.74 Å². The number of amides is 4. The van der Waals surface area contributed by atoms with E-state index >= 15 is 0 Å². The van der Waals surface area contributed by atoms with E-state index < -0.39 is 23.7 Å². The van der Waals surface area contributed by atoms with E-state index in [0.29, 0.717) is 0 Å². The van der Waals surface area contributed by atoms with Gasteiger partial charge in [0.1, 0.15) is 0 Å². The molecule has 1 aliphatic heterocycles. The van der Waals surface area contributed by atoms with Crippen molar-refractivity contribution in [3.63, 3.8) is 0 Å². The molecule has 1 unspecified atom stereocenters. The first-order valence-electron chi connectivity index (χ1n) is 7.71. The fourth-order valence-corrected chi connectivity index (χ4v) is 2.17. The van der Waals surface area contributed by atoms with Gasteiger partial charge in [-0.05, 0) is 19.1 Å². The van der Waals surface area contributed by atoms with Crippen LogP contribution in [0.5, 0.6) is 5.75 Å². The minimum Gasteiger partial charge on any atom is -0.478 e. The maximum absolute atomic E-state index is 13.5. The second-order valence-corrected chi connectivity index (χ2v) is 5.42. The van der Waals surface area contributed by atoms with Gasteiger partial charge in [0.05, 0.1) is 0 Å². The smallest absolute Gasteiger partial charge is 0.279 e. The fourth-order valence-electron chi connectivity index (χ4n) is 2.17. The molecule has 1 aromatic carbocycles. The van der Waals surface area contributed by atoms with E-state index in [9.17, 15) is 23.6 Å². The summed E-state index contributed by atoms with van der Waals surface area (Å²) in [7, 11) is 0. The number of nitrogens with zero attached hydrogens (tertiary/aromatic N) is 1. The highest BCUT2D eigenvalue weighted by molar-refractivity contribution is 6.02. The van der Waals surface area contributed by atoms with Gasteiger partial charge in [-0.3, -0.25) is 34.9 Å². The molecule has 0 aliphatic carbocycles. The Kier molecular flexibility index (Phi) is 6.04. The van der Waals surface area contributed by atoms with Crippen molar-refractivity contribution < 1.29 is 28.3 Å². The zero-order valence-electron chi connectivity index (χ0n) is 13.6. The van der Waals surface area contributed by atoms with Crippen LogP contribution < -0.4 is 15.6 Å². The number of ether oxygens (including phenoxy) is 1. The summed E-state index contributed by atoms with van der Waals surface area (Å²) in [6.45, 7) is 1.36. The molecule has 1 fully saturated rings. The third-order valence-electron chi connectivity index (χ3n) is 3.55. The average Bonchev–Trinajstić information content (AvgIpc) is 2.91. The minimum absolute atomic E-state index is 0.0410. The van der Waals surface area contributed by atoms with Gasteiger partial charge in [0, 0.05) is 25.8 Å². The summed E-state index contributed by atoms with van der Waals surface area (Å²) in [5, 5.41) is 0. The van der Waals surface area contributed by atoms with E-state index in [2.05, 4.69) is 10.9 Å². The number of para-hydroxylation sites is 1. The third kappa shape index (κ3) is 5.00. The summed E-state index contributed by atoms with van der Waals surface area (Å²) in [5.74, 6) is -2.56. The standard InChI is InChI=1S/C16H18FN3O5/c1-10(25-12-5-3-2-4-11(12)17)16(24)19-18-13(21)8-9-20-14(22)6-7-15(20)23/h2-5,10H,6-9H2,1H3,(H,18,21)(H,19,24). The highest BCUT2D eigenvalue weighted by Gasteiger charge is 2.28. The number of hydrazine groups is 1. The molecule has 0 saturated carbocycles. The van der Waals surface area contributed by atoms with Gasteiger partial charge in [-0.15, -0.1) is 0 Å². The molecule has 2 rings (SSSR count). The maximum atomic E-state index is 13.5. The lowest BCUT2D eigenvalue weighted by atomic mass is 10.3. The average molecular weight is 351 g/mol. The first-order valence-corrected chi connectivity index (χ1v) is 7.71. The quantitative estimate of drug-likeness (QED) is 0.566. The Balaban J connectivity index is 1.73. The molecule has 1 saturated heterocycles. The van der Waals surface area contributed by atoms with E-state index in [1.54, 1.807) is 6.07 Å². The first-order chi connectivity index (χ1) is 11.9. The predicted octanol–water partition coefficient (Wildman–Crippen LogP) is 0.279. The van der Waals surface area contributed by atoms with E-state index in [-0.39, 0.29) is 43.4 Å². The van der Waals surface area contributed by atoms with Crippen molar-refractivity contribution in [1.29, 1.82) is 0 Å². The number of likely N-dealkylation sites (tertiary alicyclic amines) is 1. The van der Waals surface area contributed by atoms with Gasteiger partial charge in [-0.25, -0.2) is 4.39 Å². The Labute approximate surface area is 143 Å². The fraction of sp³-hybridized carbons (Fsp3) is 0.375. The monoisotopic (exact) mass is 351 g/mol. The van der Waals surface area contributed by atoms with Crippen molar-refractivity contribution in [2.45, 2.75) is 32.3 Å². The summed E-state index contributed by atoms with van der Waals surface area (Å²) in [5.41, 5.74) is 4.30. The highest BCUT2D eigenvalue weighted by Crippen LogP contribution is 2.16. The van der Waals surface area contributed by atoms with Crippen molar-refractivity contribution in [1.82, 2.24) is 15.8 Å². The molecule has 0 spiro atoms. The number of hydrogen-bond donors (Lipinski definition) is 2. The van der Waals surface area contributed by atoms with E-state index in [1.165, 1.54) is 25.1 Å². The predicted molar refractivity (Wildman–Crippen MR) is 83.3 cm³/mol. The Morgan fingerprint density at radius 2 is 1.84 bits per heavy atom. The van der Waals surface area contributed by atoms with Crippen LogP contribution in [0.3, 0.4) is 0 Å². The first kappa shape index (κ1) is 18.4. The molecule has 0 aromatic heterocycles. The largest absolute Gasteiger partial charge is 0.478 e. The number of nitrogens with one attached hydrogen (secondary N) is 2. The molecule has 134 valence electrons. The number of hydrogen-bond acceptors (Lipinski definition) is 5. The highest BCUT2D eigenvalue weighted by atomic mass is 19.1. The second-order valence-electron chi connectivity index (χ2n) is 5.42. The molecular formula is C16H18FN3O5. The number of carbonyl (C=O) groups is 4. The maximum Gasteiger partial charge on any atom is 0.279 e. The molecule has 0 radical (unpaired) electrons. The topological polar surface area (TPSA) is 105 Å². The molecule has 1 atom stereocenters. The molecule has 1 aliphatic rings. The van der Waals surface area contributed by atoms with Crippen molar-refractivity contribution in [3.8, 4) is 5.75 Å². The second kappa shape index (κ2) is 8.22. The van der Waals surface area contributed by atoms with Crippen molar-refractivity contribution >= 4 is 23.6 Å². The van der Waals surface area contributed by atoms with E-state index in [4.69, 9.17) is 4.74 Å². The summed E-state index contributed by atoms with van der Waals surface area (Å²) in [6, 6.07) is 5.62. The number of rotatable bonds is 6. The third-order valence-corrected chi connectivity index (χ3v) is 3.55. The Bertz CT molecular complexity index is 678. The van der Waals surface area contributed by atoms with Gasteiger partial charge in [0.15, 0.2) is 17.7 Å². The van der Waals surface area contributed by atoms with Gasteiger partial charge in [0.2, 0.25) is 17.7 Å². The van der Waals surface area contributed by atoms with Crippen LogP contribution in [0.15, 0.2) is 24.3 Å². The molecule has 8 nitrogen and oxygen atoms in total. The Hall–Kier alpha value is -2.97. The minimum atomic E-state index is -1.04. The molecule has 25 heavy (non-hydrogen) atoms. The lowest BCUT2D eigenvalue weighted by Gasteiger charge is -2.16. The van der Waals surface area contributed by atoms with Crippen molar-refractivity contribution in [2.75, 3.05) is 6.54 Å². The molecule has 0 bridgehead atoms. The van der Waals surface area contributed by atoms with Crippen LogP contribution in [0, 0.1) is 5.82 Å².